The Bertz CT molecular complexity index is 1310. The molecule has 2 aromatic heterocycles. The highest BCUT2D eigenvalue weighted by molar-refractivity contribution is 5.75. The van der Waals surface area contributed by atoms with Crippen LogP contribution in [-0.2, 0) is 0 Å². The SMILES string of the molecule is Cc1cc(Nc2ccc(C#N)cn2)c(NNC2CCN2C(c2ccccc2)c2ccccc2)c(C)n1. The lowest BCUT2D eigenvalue weighted by Gasteiger charge is -2.46. The van der Waals surface area contributed by atoms with Gasteiger partial charge >= 0.3 is 0 Å². The number of hydrogen-bond acceptors (Lipinski definition) is 7. The van der Waals surface area contributed by atoms with Crippen LogP contribution in [0.25, 0.3) is 0 Å². The number of aryl methyl sites for hydroxylation is 2. The third-order valence-electron chi connectivity index (χ3n) is 6.47. The molecule has 1 atom stereocenters. The van der Waals surface area contributed by atoms with E-state index in [1.807, 2.05) is 19.9 Å². The van der Waals surface area contributed by atoms with Crippen molar-refractivity contribution in [3.8, 4) is 6.07 Å². The number of nitrogens with one attached hydrogen (secondary N) is 3. The molecule has 0 bridgehead atoms. The van der Waals surface area contributed by atoms with Crippen LogP contribution in [-0.4, -0.2) is 27.6 Å². The number of anilines is 3. The van der Waals surface area contributed by atoms with Gasteiger partial charge in [-0.15, -0.1) is 0 Å². The van der Waals surface area contributed by atoms with Crippen LogP contribution in [0.2, 0.25) is 0 Å². The van der Waals surface area contributed by atoms with Crippen LogP contribution in [0.5, 0.6) is 0 Å². The van der Waals surface area contributed by atoms with Gasteiger partial charge in [0.1, 0.15) is 11.9 Å². The van der Waals surface area contributed by atoms with Gasteiger partial charge in [0.2, 0.25) is 0 Å². The van der Waals surface area contributed by atoms with E-state index in [0.29, 0.717) is 11.4 Å². The number of aromatic nitrogens is 2. The molecule has 7 heteroatoms. The largest absolute Gasteiger partial charge is 0.338 e. The van der Waals surface area contributed by atoms with Crippen molar-refractivity contribution in [3.05, 3.63) is 113 Å². The molecule has 1 fully saturated rings. The molecule has 5 rings (SSSR count). The fourth-order valence-corrected chi connectivity index (χ4v) is 4.63. The maximum absolute atomic E-state index is 9.05. The van der Waals surface area contributed by atoms with Gasteiger partial charge in [-0.1, -0.05) is 60.7 Å². The summed E-state index contributed by atoms with van der Waals surface area (Å²) in [6.07, 6.45) is 2.74. The van der Waals surface area contributed by atoms with Crippen LogP contribution in [0.15, 0.2) is 85.1 Å². The third kappa shape index (κ3) is 5.05. The topological polar surface area (TPSA) is 88.9 Å². The van der Waals surface area contributed by atoms with Crippen LogP contribution in [0.3, 0.4) is 0 Å². The minimum atomic E-state index is 0.150. The number of nitriles is 1. The van der Waals surface area contributed by atoms with Crippen LogP contribution < -0.4 is 16.2 Å². The van der Waals surface area contributed by atoms with Gasteiger partial charge in [-0.05, 0) is 49.6 Å². The van der Waals surface area contributed by atoms with Gasteiger partial charge in [0.15, 0.2) is 0 Å². The van der Waals surface area contributed by atoms with E-state index in [4.69, 9.17) is 5.26 Å². The van der Waals surface area contributed by atoms with E-state index in [-0.39, 0.29) is 12.2 Å². The normalized spacial score (nSPS) is 15.2. The second-order valence-electron chi connectivity index (χ2n) is 8.98. The first kappa shape index (κ1) is 23.5. The summed E-state index contributed by atoms with van der Waals surface area (Å²) in [5.41, 5.74) is 13.6. The van der Waals surface area contributed by atoms with E-state index >= 15 is 0 Å². The van der Waals surface area contributed by atoms with Crippen molar-refractivity contribution in [1.82, 2.24) is 20.3 Å². The molecule has 1 aliphatic rings. The molecular formula is C29H29N7. The summed E-state index contributed by atoms with van der Waals surface area (Å²) < 4.78 is 0. The Morgan fingerprint density at radius 1 is 0.972 bits per heavy atom. The predicted molar refractivity (Wildman–Crippen MR) is 143 cm³/mol. The highest BCUT2D eigenvalue weighted by Gasteiger charge is 2.35. The molecule has 0 amide bonds. The maximum atomic E-state index is 9.05. The molecule has 3 heterocycles. The lowest BCUT2D eigenvalue weighted by molar-refractivity contribution is 0.0391. The Kier molecular flexibility index (Phi) is 6.89. The van der Waals surface area contributed by atoms with E-state index in [9.17, 15) is 0 Å². The molecule has 2 aromatic carbocycles. The first-order valence-corrected chi connectivity index (χ1v) is 12.1. The zero-order valence-electron chi connectivity index (χ0n) is 20.4. The molecule has 180 valence electrons. The minimum Gasteiger partial charge on any atom is -0.338 e. The summed E-state index contributed by atoms with van der Waals surface area (Å²) >= 11 is 0. The van der Waals surface area contributed by atoms with Gasteiger partial charge in [0.05, 0.1) is 34.8 Å². The molecular weight excluding hydrogens is 446 g/mol. The summed E-state index contributed by atoms with van der Waals surface area (Å²) in [6, 6.07) is 29.1. The predicted octanol–water partition coefficient (Wildman–Crippen LogP) is 5.45. The highest BCUT2D eigenvalue weighted by Crippen LogP contribution is 2.35. The Morgan fingerprint density at radius 3 is 2.22 bits per heavy atom. The first-order valence-electron chi connectivity index (χ1n) is 12.1. The summed E-state index contributed by atoms with van der Waals surface area (Å²) in [5.74, 6) is 0.667. The van der Waals surface area contributed by atoms with Gasteiger partial charge in [-0.3, -0.25) is 9.88 Å². The van der Waals surface area contributed by atoms with Crippen LogP contribution in [0.1, 0.15) is 40.5 Å². The Balaban J connectivity index is 1.36. The number of rotatable bonds is 8. The van der Waals surface area contributed by atoms with Gasteiger partial charge in [0.25, 0.3) is 0 Å². The molecule has 3 N–H and O–H groups in total. The third-order valence-corrected chi connectivity index (χ3v) is 6.47. The molecule has 36 heavy (non-hydrogen) atoms. The van der Waals surface area contributed by atoms with Gasteiger partial charge < -0.3 is 10.7 Å². The second-order valence-corrected chi connectivity index (χ2v) is 8.98. The zero-order valence-corrected chi connectivity index (χ0v) is 20.4. The Hall–Kier alpha value is -4.25. The maximum Gasteiger partial charge on any atom is 0.130 e. The van der Waals surface area contributed by atoms with E-state index in [0.717, 1.165) is 35.7 Å². The van der Waals surface area contributed by atoms with E-state index in [1.54, 1.807) is 18.3 Å². The van der Waals surface area contributed by atoms with Gasteiger partial charge in [-0.2, -0.15) is 5.26 Å². The molecule has 0 aliphatic carbocycles. The van der Waals surface area contributed by atoms with Crippen LogP contribution in [0, 0.1) is 25.2 Å². The molecule has 0 radical (unpaired) electrons. The van der Waals surface area contributed by atoms with Crippen molar-refractivity contribution in [3.63, 3.8) is 0 Å². The van der Waals surface area contributed by atoms with Crippen molar-refractivity contribution in [2.75, 3.05) is 17.3 Å². The summed E-state index contributed by atoms with van der Waals surface area (Å²) in [6.45, 7) is 4.96. The molecule has 0 saturated carbocycles. The standard InChI is InChI=1S/C29H29N7/c1-20-17-25(33-26-14-13-22(18-30)19-31-26)28(21(2)32-20)35-34-27-15-16-36(27)29(23-9-5-3-6-10-23)24-11-7-4-8-12-24/h3-14,17,19,27,29,34-35H,15-16H2,1-2H3,(H,31,32,33). The van der Waals surface area contributed by atoms with Crippen molar-refractivity contribution >= 4 is 17.2 Å². The van der Waals surface area contributed by atoms with Gasteiger partial charge in [-0.25, -0.2) is 10.4 Å². The van der Waals surface area contributed by atoms with Crippen molar-refractivity contribution in [1.29, 1.82) is 5.26 Å². The molecule has 1 unspecified atom stereocenters. The van der Waals surface area contributed by atoms with Crippen LogP contribution in [0.4, 0.5) is 17.2 Å². The number of hydrogen-bond donors (Lipinski definition) is 3. The summed E-state index contributed by atoms with van der Waals surface area (Å²) in [7, 11) is 0. The minimum absolute atomic E-state index is 0.150. The lowest BCUT2D eigenvalue weighted by Crippen LogP contribution is -2.58. The molecule has 4 aromatic rings. The molecule has 0 spiro atoms. The zero-order chi connectivity index (χ0) is 24.9. The van der Waals surface area contributed by atoms with E-state index in [2.05, 4.69) is 97.8 Å². The van der Waals surface area contributed by atoms with E-state index in [1.165, 1.54) is 11.1 Å². The number of benzene rings is 2. The number of pyridine rings is 2. The molecule has 1 aliphatic heterocycles. The average Bonchev–Trinajstić information content (AvgIpc) is 2.89. The Morgan fingerprint density at radius 2 is 1.67 bits per heavy atom. The van der Waals surface area contributed by atoms with Crippen LogP contribution >= 0.6 is 0 Å². The second kappa shape index (κ2) is 10.6. The lowest BCUT2D eigenvalue weighted by atomic mass is 9.93. The summed E-state index contributed by atoms with van der Waals surface area (Å²) in [4.78, 5) is 11.5. The fraction of sp³-hybridized carbons (Fsp3) is 0.207. The van der Waals surface area contributed by atoms with E-state index < -0.39 is 0 Å². The highest BCUT2D eigenvalue weighted by atomic mass is 15.5. The first-order chi connectivity index (χ1) is 17.6. The smallest absolute Gasteiger partial charge is 0.130 e. The molecule has 1 saturated heterocycles. The van der Waals surface area contributed by atoms with Crippen molar-refractivity contribution < 1.29 is 0 Å². The van der Waals surface area contributed by atoms with Gasteiger partial charge in [0, 0.05) is 18.4 Å². The van der Waals surface area contributed by atoms with Crippen molar-refractivity contribution in [2.45, 2.75) is 32.5 Å². The quantitative estimate of drug-likeness (QED) is 0.292. The monoisotopic (exact) mass is 475 g/mol. The number of nitrogens with zero attached hydrogens (tertiary/aromatic N) is 4. The Labute approximate surface area is 211 Å². The average molecular weight is 476 g/mol. The van der Waals surface area contributed by atoms with Crippen molar-refractivity contribution in [2.24, 2.45) is 0 Å². The fourth-order valence-electron chi connectivity index (χ4n) is 4.63. The summed E-state index contributed by atoms with van der Waals surface area (Å²) in [5, 5.41) is 12.4. The molecule has 7 nitrogen and oxygen atoms in total. The number of hydrazine groups is 1. The number of likely N-dealkylation sites (tertiary alicyclic amines) is 1.